The summed E-state index contributed by atoms with van der Waals surface area (Å²) in [5.41, 5.74) is 0.687. The summed E-state index contributed by atoms with van der Waals surface area (Å²) in [7, 11) is 1.67. The molecule has 0 aliphatic rings. The van der Waals surface area contributed by atoms with E-state index < -0.39 is 9.24 Å². The lowest BCUT2D eigenvalue weighted by Crippen LogP contribution is -2.30. The third kappa shape index (κ3) is 4.47. The number of nitrogens with zero attached hydrogens (tertiary/aromatic N) is 2. The van der Waals surface area contributed by atoms with Crippen molar-refractivity contribution >= 4 is 19.9 Å². The van der Waals surface area contributed by atoms with Gasteiger partial charge in [-0.1, -0.05) is 19.9 Å². The molecule has 0 unspecified atom stereocenters. The molecule has 0 aliphatic carbocycles. The van der Waals surface area contributed by atoms with Crippen molar-refractivity contribution < 1.29 is 8.42 Å². The van der Waals surface area contributed by atoms with E-state index in [1.165, 1.54) is 4.31 Å². The van der Waals surface area contributed by atoms with E-state index in [1.54, 1.807) is 18.3 Å². The Hall–Kier alpha value is -0.650. The molecule has 6 heteroatoms. The maximum absolute atomic E-state index is 11.3. The predicted molar refractivity (Wildman–Crippen MR) is 64.3 cm³/mol. The molecule has 0 amide bonds. The van der Waals surface area contributed by atoms with Gasteiger partial charge in [0.05, 0.1) is 12.2 Å². The molecule has 0 fully saturated rings. The second kappa shape index (κ2) is 5.61. The van der Waals surface area contributed by atoms with Gasteiger partial charge in [0.15, 0.2) is 0 Å². The molecule has 0 atom stereocenters. The third-order valence-electron chi connectivity index (χ3n) is 1.94. The Morgan fingerprint density at radius 3 is 2.56 bits per heavy atom. The third-order valence-corrected chi connectivity index (χ3v) is 3.42. The van der Waals surface area contributed by atoms with Crippen LogP contribution in [-0.4, -0.2) is 24.3 Å². The summed E-state index contributed by atoms with van der Waals surface area (Å²) < 4.78 is 23.9. The van der Waals surface area contributed by atoms with E-state index in [-0.39, 0.29) is 12.5 Å². The van der Waals surface area contributed by atoms with Gasteiger partial charge in [-0.25, -0.2) is 0 Å². The molecule has 1 heterocycles. The van der Waals surface area contributed by atoms with Gasteiger partial charge in [0.2, 0.25) is 0 Å². The lowest BCUT2D eigenvalue weighted by molar-refractivity contribution is 0.366. The summed E-state index contributed by atoms with van der Waals surface area (Å²) in [5.74, 6) is 0.220. The van der Waals surface area contributed by atoms with Crippen molar-refractivity contribution in [3.63, 3.8) is 0 Å². The summed E-state index contributed by atoms with van der Waals surface area (Å²) in [6, 6.07) is 5.37. The number of halogens is 1. The van der Waals surface area contributed by atoms with Crippen molar-refractivity contribution in [3.8, 4) is 0 Å². The average Bonchev–Trinajstić information content (AvgIpc) is 2.16. The largest absolute Gasteiger partial charge is 0.300 e. The van der Waals surface area contributed by atoms with Crippen LogP contribution in [-0.2, 0) is 15.8 Å². The molecule has 16 heavy (non-hydrogen) atoms. The van der Waals surface area contributed by atoms with E-state index in [0.717, 1.165) is 0 Å². The monoisotopic (exact) mass is 262 g/mol. The molecular weight excluding hydrogens is 248 g/mol. The van der Waals surface area contributed by atoms with Crippen molar-refractivity contribution in [2.45, 2.75) is 20.4 Å². The second-order valence-electron chi connectivity index (χ2n) is 3.95. The van der Waals surface area contributed by atoms with Crippen molar-refractivity contribution in [1.29, 1.82) is 0 Å². The van der Waals surface area contributed by atoms with Crippen LogP contribution < -0.4 is 0 Å². The van der Waals surface area contributed by atoms with Gasteiger partial charge < -0.3 is 0 Å². The summed E-state index contributed by atoms with van der Waals surface area (Å²) >= 11 is 0. The fourth-order valence-electron chi connectivity index (χ4n) is 1.31. The molecule has 0 N–H and O–H groups in total. The molecule has 90 valence electrons. The number of hydrogen-bond donors (Lipinski definition) is 0. The van der Waals surface area contributed by atoms with Gasteiger partial charge >= 0.3 is 0 Å². The topological polar surface area (TPSA) is 50.3 Å². The van der Waals surface area contributed by atoms with Crippen LogP contribution in [0.4, 0.5) is 0 Å². The van der Waals surface area contributed by atoms with E-state index in [9.17, 15) is 8.42 Å². The van der Waals surface area contributed by atoms with Gasteiger partial charge in [0, 0.05) is 23.4 Å². The van der Waals surface area contributed by atoms with E-state index in [4.69, 9.17) is 10.7 Å². The maximum atomic E-state index is 11.3. The highest BCUT2D eigenvalue weighted by molar-refractivity contribution is 8.11. The molecule has 0 radical (unpaired) electrons. The van der Waals surface area contributed by atoms with Crippen molar-refractivity contribution in [2.75, 3.05) is 6.54 Å². The Kier molecular flexibility index (Phi) is 4.70. The SMILES string of the molecule is CC(C)CN(Cc1ccccn1)S(=O)(=O)Cl. The van der Waals surface area contributed by atoms with Gasteiger partial charge in [0.1, 0.15) is 0 Å². The standard InChI is InChI=1S/C10H15ClN2O2S/c1-9(2)7-13(16(11,14)15)8-10-5-3-4-6-12-10/h3-6,9H,7-8H2,1-2H3. The number of rotatable bonds is 5. The molecule has 1 rings (SSSR count). The fraction of sp³-hybridized carbons (Fsp3) is 0.500. The molecule has 0 aromatic carbocycles. The first-order valence-corrected chi connectivity index (χ1v) is 7.26. The summed E-state index contributed by atoms with van der Waals surface area (Å²) in [4.78, 5) is 4.07. The van der Waals surface area contributed by atoms with Crippen LogP contribution in [0.2, 0.25) is 0 Å². The highest BCUT2D eigenvalue weighted by atomic mass is 35.7. The number of pyridine rings is 1. The normalized spacial score (nSPS) is 12.3. The van der Waals surface area contributed by atoms with E-state index in [2.05, 4.69) is 4.98 Å². The van der Waals surface area contributed by atoms with Crippen molar-refractivity contribution in [3.05, 3.63) is 30.1 Å². The highest BCUT2D eigenvalue weighted by Crippen LogP contribution is 2.13. The quantitative estimate of drug-likeness (QED) is 0.763. The zero-order chi connectivity index (χ0) is 12.2. The maximum Gasteiger partial charge on any atom is 0.300 e. The Labute approximate surface area is 101 Å². The first kappa shape index (κ1) is 13.4. The molecule has 0 spiro atoms. The van der Waals surface area contributed by atoms with Crippen LogP contribution in [0.15, 0.2) is 24.4 Å². The summed E-state index contributed by atoms with van der Waals surface area (Å²) in [6.45, 7) is 4.48. The Bertz CT molecular complexity index is 420. The van der Waals surface area contributed by atoms with Crippen molar-refractivity contribution in [2.24, 2.45) is 5.92 Å². The Balaban J connectivity index is 2.80. The molecule has 1 aromatic heterocycles. The fourth-order valence-corrected chi connectivity index (χ4v) is 2.39. The van der Waals surface area contributed by atoms with Gasteiger partial charge in [-0.05, 0) is 18.1 Å². The van der Waals surface area contributed by atoms with Gasteiger partial charge in [0.25, 0.3) is 9.24 Å². The minimum Gasteiger partial charge on any atom is -0.260 e. The second-order valence-corrected chi connectivity index (χ2v) is 6.46. The van der Waals surface area contributed by atoms with Crippen LogP contribution in [0.3, 0.4) is 0 Å². The van der Waals surface area contributed by atoms with Gasteiger partial charge in [-0.2, -0.15) is 12.7 Å². The summed E-state index contributed by atoms with van der Waals surface area (Å²) in [6.07, 6.45) is 1.63. The molecule has 0 saturated heterocycles. The predicted octanol–water partition coefficient (Wildman–Crippen LogP) is 2.02. The van der Waals surface area contributed by atoms with E-state index in [1.807, 2.05) is 19.9 Å². The lowest BCUT2D eigenvalue weighted by Gasteiger charge is -2.19. The van der Waals surface area contributed by atoms with Crippen LogP contribution in [0.25, 0.3) is 0 Å². The summed E-state index contributed by atoms with van der Waals surface area (Å²) in [5, 5.41) is 0. The highest BCUT2D eigenvalue weighted by Gasteiger charge is 2.20. The molecule has 1 aromatic rings. The molecule has 0 aliphatic heterocycles. The first-order chi connectivity index (χ1) is 7.39. The lowest BCUT2D eigenvalue weighted by atomic mass is 10.2. The van der Waals surface area contributed by atoms with E-state index in [0.29, 0.717) is 12.2 Å². The number of hydrogen-bond acceptors (Lipinski definition) is 3. The smallest absolute Gasteiger partial charge is 0.260 e. The minimum absolute atomic E-state index is 0.213. The molecule has 0 saturated carbocycles. The first-order valence-electron chi connectivity index (χ1n) is 4.99. The van der Waals surface area contributed by atoms with Crippen LogP contribution in [0, 0.1) is 5.92 Å². The van der Waals surface area contributed by atoms with Crippen LogP contribution >= 0.6 is 10.7 Å². The zero-order valence-electron chi connectivity index (χ0n) is 9.30. The molecular formula is C10H15ClN2O2S. The van der Waals surface area contributed by atoms with Gasteiger partial charge in [-0.15, -0.1) is 0 Å². The zero-order valence-corrected chi connectivity index (χ0v) is 10.9. The Morgan fingerprint density at radius 2 is 2.12 bits per heavy atom. The van der Waals surface area contributed by atoms with Crippen LogP contribution in [0.1, 0.15) is 19.5 Å². The number of aromatic nitrogens is 1. The average molecular weight is 263 g/mol. The van der Waals surface area contributed by atoms with Crippen LogP contribution in [0.5, 0.6) is 0 Å². The minimum atomic E-state index is -3.69. The molecule has 0 bridgehead atoms. The van der Waals surface area contributed by atoms with E-state index >= 15 is 0 Å². The van der Waals surface area contributed by atoms with Gasteiger partial charge in [-0.3, -0.25) is 4.98 Å². The molecule has 4 nitrogen and oxygen atoms in total. The van der Waals surface area contributed by atoms with Crippen molar-refractivity contribution in [1.82, 2.24) is 9.29 Å². The Morgan fingerprint density at radius 1 is 1.44 bits per heavy atom.